The normalized spacial score (nSPS) is 12.2. The Labute approximate surface area is 139 Å². The van der Waals surface area contributed by atoms with Gasteiger partial charge < -0.3 is 15.0 Å². The number of anilines is 1. The maximum absolute atomic E-state index is 6.17. The van der Waals surface area contributed by atoms with Gasteiger partial charge in [-0.3, -0.25) is 0 Å². The van der Waals surface area contributed by atoms with E-state index in [2.05, 4.69) is 16.5 Å². The minimum absolute atomic E-state index is 0.166. The van der Waals surface area contributed by atoms with Crippen molar-refractivity contribution in [1.82, 2.24) is 9.55 Å². The van der Waals surface area contributed by atoms with E-state index in [9.17, 15) is 0 Å². The number of aromatic nitrogens is 2. The van der Waals surface area contributed by atoms with E-state index in [0.717, 1.165) is 24.4 Å². The molecule has 4 nitrogen and oxygen atoms in total. The van der Waals surface area contributed by atoms with Gasteiger partial charge in [0.15, 0.2) is 0 Å². The van der Waals surface area contributed by atoms with E-state index >= 15 is 0 Å². The highest BCUT2D eigenvalue weighted by molar-refractivity contribution is 5.41. The molecule has 1 unspecified atom stereocenters. The van der Waals surface area contributed by atoms with Crippen LogP contribution in [-0.2, 0) is 6.54 Å². The Kier molecular flexibility index (Phi) is 7.50. The monoisotopic (exact) mass is 315 g/mol. The third-order valence-corrected chi connectivity index (χ3v) is 4.04. The van der Waals surface area contributed by atoms with Crippen molar-refractivity contribution < 1.29 is 4.74 Å². The SMILES string of the molecule is CCCCCCCCC(Cn1ccnc1)Oc1ccc(N)cc1. The van der Waals surface area contributed by atoms with Gasteiger partial charge >= 0.3 is 0 Å². The number of imidazole rings is 1. The van der Waals surface area contributed by atoms with Gasteiger partial charge in [-0.2, -0.15) is 0 Å². The molecular weight excluding hydrogens is 286 g/mol. The molecule has 0 fully saturated rings. The van der Waals surface area contributed by atoms with Crippen LogP contribution >= 0.6 is 0 Å². The van der Waals surface area contributed by atoms with Crippen molar-refractivity contribution in [2.24, 2.45) is 0 Å². The smallest absolute Gasteiger partial charge is 0.119 e. The minimum atomic E-state index is 0.166. The van der Waals surface area contributed by atoms with Crippen molar-refractivity contribution in [3.8, 4) is 5.75 Å². The maximum atomic E-state index is 6.17. The van der Waals surface area contributed by atoms with Crippen LogP contribution in [0.25, 0.3) is 0 Å². The second-order valence-corrected chi connectivity index (χ2v) is 6.12. The summed E-state index contributed by atoms with van der Waals surface area (Å²) in [6, 6.07) is 7.65. The topological polar surface area (TPSA) is 53.1 Å². The van der Waals surface area contributed by atoms with Crippen molar-refractivity contribution in [1.29, 1.82) is 0 Å². The zero-order chi connectivity index (χ0) is 16.3. The summed E-state index contributed by atoms with van der Waals surface area (Å²) in [7, 11) is 0. The number of ether oxygens (including phenoxy) is 1. The third kappa shape index (κ3) is 6.76. The van der Waals surface area contributed by atoms with Gasteiger partial charge in [0.05, 0.1) is 12.9 Å². The lowest BCUT2D eigenvalue weighted by Gasteiger charge is -2.20. The Morgan fingerprint density at radius 3 is 2.52 bits per heavy atom. The molecule has 0 aliphatic rings. The quantitative estimate of drug-likeness (QED) is 0.484. The molecule has 2 rings (SSSR count). The molecule has 1 atom stereocenters. The molecule has 0 saturated heterocycles. The Hall–Kier alpha value is -1.97. The molecule has 0 aliphatic heterocycles. The molecule has 1 aromatic carbocycles. The van der Waals surface area contributed by atoms with Crippen molar-refractivity contribution in [2.45, 2.75) is 64.5 Å². The number of nitrogen functional groups attached to an aromatic ring is 1. The first-order valence-corrected chi connectivity index (χ1v) is 8.76. The fourth-order valence-corrected chi connectivity index (χ4v) is 2.71. The zero-order valence-electron chi connectivity index (χ0n) is 14.2. The van der Waals surface area contributed by atoms with Crippen LogP contribution in [0.15, 0.2) is 43.0 Å². The number of unbranched alkanes of at least 4 members (excludes halogenated alkanes) is 5. The second-order valence-electron chi connectivity index (χ2n) is 6.12. The predicted octanol–water partition coefficient (Wildman–Crippen LogP) is 4.66. The van der Waals surface area contributed by atoms with Crippen LogP contribution in [0, 0.1) is 0 Å². The standard InChI is InChI=1S/C19H29N3O/c1-2-3-4-5-6-7-8-19(15-22-14-13-21-16-22)23-18-11-9-17(20)10-12-18/h9-14,16,19H,2-8,15,20H2,1H3. The highest BCUT2D eigenvalue weighted by Crippen LogP contribution is 2.18. The number of benzene rings is 1. The summed E-state index contributed by atoms with van der Waals surface area (Å²) in [6.07, 6.45) is 14.7. The van der Waals surface area contributed by atoms with E-state index in [1.165, 1.54) is 38.5 Å². The lowest BCUT2D eigenvalue weighted by molar-refractivity contribution is 0.166. The highest BCUT2D eigenvalue weighted by Gasteiger charge is 2.11. The van der Waals surface area contributed by atoms with Gasteiger partial charge in [0.25, 0.3) is 0 Å². The summed E-state index contributed by atoms with van der Waals surface area (Å²) >= 11 is 0. The molecule has 2 N–H and O–H groups in total. The van der Waals surface area contributed by atoms with E-state index in [1.807, 2.05) is 43.0 Å². The molecule has 0 aliphatic carbocycles. The van der Waals surface area contributed by atoms with E-state index in [4.69, 9.17) is 10.5 Å². The van der Waals surface area contributed by atoms with Gasteiger partial charge in [-0.15, -0.1) is 0 Å². The van der Waals surface area contributed by atoms with E-state index < -0.39 is 0 Å². The molecule has 0 radical (unpaired) electrons. The van der Waals surface area contributed by atoms with Gasteiger partial charge in [-0.25, -0.2) is 4.98 Å². The molecule has 0 spiro atoms. The Bertz CT molecular complexity index is 522. The average molecular weight is 315 g/mol. The Morgan fingerprint density at radius 2 is 1.83 bits per heavy atom. The Morgan fingerprint density at radius 1 is 1.09 bits per heavy atom. The van der Waals surface area contributed by atoms with Crippen molar-refractivity contribution in [2.75, 3.05) is 5.73 Å². The van der Waals surface area contributed by atoms with Crippen molar-refractivity contribution >= 4 is 5.69 Å². The first-order chi connectivity index (χ1) is 11.3. The first kappa shape index (κ1) is 17.4. The van der Waals surface area contributed by atoms with Gasteiger partial charge in [0.2, 0.25) is 0 Å². The summed E-state index contributed by atoms with van der Waals surface area (Å²) in [5.74, 6) is 0.885. The highest BCUT2D eigenvalue weighted by atomic mass is 16.5. The van der Waals surface area contributed by atoms with Crippen molar-refractivity contribution in [3.63, 3.8) is 0 Å². The lowest BCUT2D eigenvalue weighted by Crippen LogP contribution is -2.22. The maximum Gasteiger partial charge on any atom is 0.119 e. The largest absolute Gasteiger partial charge is 0.489 e. The second kappa shape index (κ2) is 9.93. The predicted molar refractivity (Wildman–Crippen MR) is 95.5 cm³/mol. The molecule has 126 valence electrons. The molecule has 23 heavy (non-hydrogen) atoms. The van der Waals surface area contributed by atoms with Gasteiger partial charge in [-0.05, 0) is 37.1 Å². The molecule has 1 heterocycles. The van der Waals surface area contributed by atoms with Crippen LogP contribution in [-0.4, -0.2) is 15.7 Å². The first-order valence-electron chi connectivity index (χ1n) is 8.76. The van der Waals surface area contributed by atoms with Gasteiger partial charge in [0, 0.05) is 18.1 Å². The number of hydrogen-bond acceptors (Lipinski definition) is 3. The van der Waals surface area contributed by atoms with Crippen LogP contribution in [0.1, 0.15) is 51.9 Å². The third-order valence-electron chi connectivity index (χ3n) is 4.04. The van der Waals surface area contributed by atoms with Crippen LogP contribution in [0.2, 0.25) is 0 Å². The van der Waals surface area contributed by atoms with Crippen molar-refractivity contribution in [3.05, 3.63) is 43.0 Å². The molecule has 0 bridgehead atoms. The lowest BCUT2D eigenvalue weighted by atomic mass is 10.1. The number of hydrogen-bond donors (Lipinski definition) is 1. The summed E-state index contributed by atoms with van der Waals surface area (Å²) in [4.78, 5) is 4.11. The molecule has 1 aromatic heterocycles. The van der Waals surface area contributed by atoms with Gasteiger partial charge in [0.1, 0.15) is 11.9 Å². The van der Waals surface area contributed by atoms with Gasteiger partial charge in [-0.1, -0.05) is 39.0 Å². The number of rotatable bonds is 11. The fraction of sp³-hybridized carbons (Fsp3) is 0.526. The molecule has 2 aromatic rings. The zero-order valence-corrected chi connectivity index (χ0v) is 14.2. The molecule has 0 amide bonds. The summed E-state index contributed by atoms with van der Waals surface area (Å²) in [6.45, 7) is 3.08. The molecule has 4 heteroatoms. The van der Waals surface area contributed by atoms with Crippen LogP contribution in [0.3, 0.4) is 0 Å². The summed E-state index contributed by atoms with van der Waals surface area (Å²) < 4.78 is 8.25. The molecule has 0 saturated carbocycles. The van der Waals surface area contributed by atoms with Crippen LogP contribution in [0.4, 0.5) is 5.69 Å². The minimum Gasteiger partial charge on any atom is -0.489 e. The van der Waals surface area contributed by atoms with Crippen LogP contribution < -0.4 is 10.5 Å². The van der Waals surface area contributed by atoms with E-state index in [0.29, 0.717) is 0 Å². The summed E-state index contributed by atoms with van der Waals surface area (Å²) in [5, 5.41) is 0. The van der Waals surface area contributed by atoms with E-state index in [-0.39, 0.29) is 6.10 Å². The molecular formula is C19H29N3O. The Balaban J connectivity index is 1.82. The number of nitrogens with zero attached hydrogens (tertiary/aromatic N) is 2. The fourth-order valence-electron chi connectivity index (χ4n) is 2.71. The number of nitrogens with two attached hydrogens (primary N) is 1. The van der Waals surface area contributed by atoms with Crippen LogP contribution in [0.5, 0.6) is 5.75 Å². The average Bonchev–Trinajstić information content (AvgIpc) is 3.06. The van der Waals surface area contributed by atoms with E-state index in [1.54, 1.807) is 0 Å². The summed E-state index contributed by atoms with van der Waals surface area (Å²) in [5.41, 5.74) is 6.50.